The molecule has 0 saturated heterocycles. The van der Waals surface area contributed by atoms with Crippen LogP contribution in [0, 0.1) is 34.6 Å². The molecule has 0 unspecified atom stereocenters. The van der Waals surface area contributed by atoms with Gasteiger partial charge in [0.1, 0.15) is 5.70 Å². The maximum atomic E-state index is 13.7. The summed E-state index contributed by atoms with van der Waals surface area (Å²) in [6.45, 7) is 9.86. The average molecular weight is 411 g/mol. The van der Waals surface area contributed by atoms with Gasteiger partial charge in [-0.3, -0.25) is 9.59 Å². The molecule has 1 aliphatic heterocycles. The maximum absolute atomic E-state index is 13.7. The van der Waals surface area contributed by atoms with Crippen LogP contribution in [0.4, 0.5) is 11.4 Å². The summed E-state index contributed by atoms with van der Waals surface area (Å²) in [7, 11) is 0. The number of rotatable bonds is 4. The lowest BCUT2D eigenvalue weighted by atomic mass is 9.97. The van der Waals surface area contributed by atoms with Crippen molar-refractivity contribution in [3.05, 3.63) is 99.7 Å². The first-order valence-electron chi connectivity index (χ1n) is 10.4. The smallest absolute Gasteiger partial charge is 0.282 e. The number of hydrogen-bond acceptors (Lipinski definition) is 3. The number of nitrogens with zero attached hydrogens (tertiary/aromatic N) is 1. The molecule has 0 atom stereocenters. The van der Waals surface area contributed by atoms with E-state index in [0.29, 0.717) is 17.0 Å². The fourth-order valence-electron chi connectivity index (χ4n) is 3.95. The minimum atomic E-state index is -0.339. The largest absolute Gasteiger partial charge is 0.350 e. The molecule has 1 N–H and O–H groups in total. The van der Waals surface area contributed by atoms with Gasteiger partial charge in [0, 0.05) is 5.69 Å². The summed E-state index contributed by atoms with van der Waals surface area (Å²) in [5.41, 5.74) is 7.94. The third-order valence-electron chi connectivity index (χ3n) is 5.66. The van der Waals surface area contributed by atoms with Crippen molar-refractivity contribution in [2.24, 2.45) is 0 Å². The lowest BCUT2D eigenvalue weighted by molar-refractivity contribution is -0.120. The quantitative estimate of drug-likeness (QED) is 0.568. The molecule has 0 fully saturated rings. The number of carbonyl (C=O) groups excluding carboxylic acids is 2. The molecule has 3 aromatic rings. The van der Waals surface area contributed by atoms with E-state index in [4.69, 9.17) is 0 Å². The number of nitrogens with one attached hydrogen (secondary N) is 1. The monoisotopic (exact) mass is 410 g/mol. The Hall–Kier alpha value is -3.66. The van der Waals surface area contributed by atoms with Crippen LogP contribution in [-0.2, 0) is 9.59 Å². The number of anilines is 2. The molecule has 0 aromatic heterocycles. The summed E-state index contributed by atoms with van der Waals surface area (Å²) in [5.74, 6) is -0.644. The first kappa shape index (κ1) is 20.6. The molecule has 4 nitrogen and oxygen atoms in total. The zero-order valence-electron chi connectivity index (χ0n) is 18.5. The second kappa shape index (κ2) is 7.88. The summed E-state index contributed by atoms with van der Waals surface area (Å²) in [6, 6.07) is 19.5. The van der Waals surface area contributed by atoms with Crippen LogP contribution in [0.2, 0.25) is 0 Å². The first-order valence-corrected chi connectivity index (χ1v) is 10.4. The van der Waals surface area contributed by atoms with Gasteiger partial charge in [-0.1, -0.05) is 53.6 Å². The van der Waals surface area contributed by atoms with Crippen LogP contribution in [0.5, 0.6) is 0 Å². The molecule has 1 aliphatic rings. The van der Waals surface area contributed by atoms with Gasteiger partial charge >= 0.3 is 0 Å². The van der Waals surface area contributed by atoms with Crippen molar-refractivity contribution in [2.75, 3.05) is 10.2 Å². The standard InChI is InChI=1S/C27H26N2O2/c1-16-7-11-21(12-8-16)28-25-24(22-13-9-17(2)14-20(22)5)26(30)29(27(25)31)23-15-18(3)6-10-19(23)4/h6-15,28H,1-5H3. The fraction of sp³-hybridized carbons (Fsp3) is 0.185. The van der Waals surface area contributed by atoms with E-state index in [1.165, 1.54) is 4.90 Å². The number of aryl methyl sites for hydroxylation is 5. The van der Waals surface area contributed by atoms with Crippen LogP contribution in [-0.4, -0.2) is 11.8 Å². The molecule has 156 valence electrons. The van der Waals surface area contributed by atoms with Crippen LogP contribution in [0.1, 0.15) is 33.4 Å². The van der Waals surface area contributed by atoms with Crippen molar-refractivity contribution in [1.82, 2.24) is 0 Å². The van der Waals surface area contributed by atoms with E-state index in [0.717, 1.165) is 39.1 Å². The number of hydrogen-bond donors (Lipinski definition) is 1. The average Bonchev–Trinajstić information content (AvgIpc) is 2.95. The Morgan fingerprint density at radius 2 is 1.26 bits per heavy atom. The van der Waals surface area contributed by atoms with Gasteiger partial charge in [-0.05, 0) is 75.1 Å². The molecule has 4 rings (SSSR count). The highest BCUT2D eigenvalue weighted by molar-refractivity contribution is 6.46. The van der Waals surface area contributed by atoms with Crippen molar-refractivity contribution >= 4 is 28.8 Å². The first-order chi connectivity index (χ1) is 14.8. The Morgan fingerprint density at radius 1 is 0.645 bits per heavy atom. The zero-order valence-corrected chi connectivity index (χ0v) is 18.5. The molecule has 0 aliphatic carbocycles. The van der Waals surface area contributed by atoms with Crippen LogP contribution in [0.25, 0.3) is 5.57 Å². The summed E-state index contributed by atoms with van der Waals surface area (Å²) < 4.78 is 0. The summed E-state index contributed by atoms with van der Waals surface area (Å²) in [4.78, 5) is 28.6. The number of carbonyl (C=O) groups is 2. The Labute approximate surface area is 183 Å². The van der Waals surface area contributed by atoms with E-state index in [1.807, 2.05) is 95.3 Å². The Balaban J connectivity index is 1.88. The third-order valence-corrected chi connectivity index (χ3v) is 5.66. The van der Waals surface area contributed by atoms with Crippen molar-refractivity contribution in [1.29, 1.82) is 0 Å². The Bertz CT molecular complexity index is 1240. The molecule has 0 saturated carbocycles. The van der Waals surface area contributed by atoms with E-state index < -0.39 is 0 Å². The van der Waals surface area contributed by atoms with Crippen LogP contribution < -0.4 is 10.2 Å². The lowest BCUT2D eigenvalue weighted by Gasteiger charge is -2.18. The van der Waals surface area contributed by atoms with E-state index in [9.17, 15) is 9.59 Å². The van der Waals surface area contributed by atoms with E-state index in [1.54, 1.807) is 0 Å². The predicted octanol–water partition coefficient (Wildman–Crippen LogP) is 5.63. The second-order valence-corrected chi connectivity index (χ2v) is 8.30. The van der Waals surface area contributed by atoms with Gasteiger partial charge in [-0.15, -0.1) is 0 Å². The summed E-state index contributed by atoms with van der Waals surface area (Å²) >= 11 is 0. The van der Waals surface area contributed by atoms with Crippen LogP contribution in [0.3, 0.4) is 0 Å². The van der Waals surface area contributed by atoms with Crippen molar-refractivity contribution in [3.63, 3.8) is 0 Å². The second-order valence-electron chi connectivity index (χ2n) is 8.30. The zero-order chi connectivity index (χ0) is 22.3. The minimum absolute atomic E-state index is 0.305. The number of amides is 2. The Kier molecular flexibility index (Phi) is 5.24. The number of benzene rings is 3. The molecule has 2 amide bonds. The highest BCUT2D eigenvalue weighted by Gasteiger charge is 2.41. The molecule has 0 bridgehead atoms. The van der Waals surface area contributed by atoms with Crippen LogP contribution in [0.15, 0.2) is 66.4 Å². The fourth-order valence-corrected chi connectivity index (χ4v) is 3.95. The molecule has 0 spiro atoms. The summed E-state index contributed by atoms with van der Waals surface area (Å²) in [6.07, 6.45) is 0. The van der Waals surface area contributed by atoms with E-state index >= 15 is 0 Å². The van der Waals surface area contributed by atoms with E-state index in [2.05, 4.69) is 5.32 Å². The molecule has 31 heavy (non-hydrogen) atoms. The Morgan fingerprint density at radius 3 is 1.94 bits per heavy atom. The van der Waals surface area contributed by atoms with Gasteiger partial charge in [0.2, 0.25) is 0 Å². The molecule has 3 aromatic carbocycles. The topological polar surface area (TPSA) is 49.4 Å². The molecule has 4 heteroatoms. The molecular weight excluding hydrogens is 384 g/mol. The SMILES string of the molecule is Cc1ccc(NC2=C(c3ccc(C)cc3C)C(=O)N(c3cc(C)ccc3C)C2=O)cc1. The third kappa shape index (κ3) is 3.77. The van der Waals surface area contributed by atoms with Gasteiger partial charge in [0.25, 0.3) is 11.8 Å². The van der Waals surface area contributed by atoms with Crippen LogP contribution >= 0.6 is 0 Å². The molecule has 0 radical (unpaired) electrons. The van der Waals surface area contributed by atoms with E-state index in [-0.39, 0.29) is 11.8 Å². The maximum Gasteiger partial charge on any atom is 0.282 e. The predicted molar refractivity (Wildman–Crippen MR) is 126 cm³/mol. The van der Waals surface area contributed by atoms with Gasteiger partial charge in [0.15, 0.2) is 0 Å². The number of imide groups is 1. The van der Waals surface area contributed by atoms with Crippen molar-refractivity contribution in [2.45, 2.75) is 34.6 Å². The van der Waals surface area contributed by atoms with Gasteiger partial charge in [-0.25, -0.2) is 4.90 Å². The normalized spacial score (nSPS) is 13.9. The molecular formula is C27H26N2O2. The molecule has 1 heterocycles. The highest BCUT2D eigenvalue weighted by atomic mass is 16.2. The highest BCUT2D eigenvalue weighted by Crippen LogP contribution is 2.36. The van der Waals surface area contributed by atoms with Crippen molar-refractivity contribution in [3.8, 4) is 0 Å². The van der Waals surface area contributed by atoms with Gasteiger partial charge in [-0.2, -0.15) is 0 Å². The lowest BCUT2D eigenvalue weighted by Crippen LogP contribution is -2.33. The van der Waals surface area contributed by atoms with Gasteiger partial charge in [0.05, 0.1) is 11.3 Å². The van der Waals surface area contributed by atoms with Crippen molar-refractivity contribution < 1.29 is 9.59 Å². The summed E-state index contributed by atoms with van der Waals surface area (Å²) in [5, 5.41) is 3.24. The minimum Gasteiger partial charge on any atom is -0.350 e. The van der Waals surface area contributed by atoms with Gasteiger partial charge < -0.3 is 5.32 Å².